The van der Waals surface area contributed by atoms with Gasteiger partial charge in [0.2, 0.25) is 8.40 Å². The fourth-order valence-electron chi connectivity index (χ4n) is 2.28. The monoisotopic (exact) mass is 231 g/mol. The standard InChI is InChI=1S/C7H21N3Si3/c1-7-13(6)9-11(2,3)8-12(4,5)10-13/h7-10H,1H2,2-6H3. The fraction of sp³-hybridized carbons (Fsp3) is 0.714. The Kier molecular flexibility index (Phi) is 2.74. The quantitative estimate of drug-likeness (QED) is 0.589. The van der Waals surface area contributed by atoms with Crippen molar-refractivity contribution in [3.63, 3.8) is 0 Å². The van der Waals surface area contributed by atoms with Crippen LogP contribution in [0.25, 0.3) is 0 Å². The van der Waals surface area contributed by atoms with Crippen molar-refractivity contribution in [1.82, 2.24) is 13.9 Å². The Morgan fingerprint density at radius 1 is 0.846 bits per heavy atom. The molecule has 0 aromatic heterocycles. The zero-order valence-electron chi connectivity index (χ0n) is 9.28. The van der Waals surface area contributed by atoms with Crippen LogP contribution in [0, 0.1) is 0 Å². The van der Waals surface area contributed by atoms with Gasteiger partial charge in [-0.3, -0.25) is 0 Å². The molecule has 0 amide bonds. The zero-order chi connectivity index (χ0) is 10.3. The van der Waals surface area contributed by atoms with Gasteiger partial charge in [0.15, 0.2) is 16.8 Å². The number of hydrogen-bond acceptors (Lipinski definition) is 3. The Morgan fingerprint density at radius 2 is 1.23 bits per heavy atom. The van der Waals surface area contributed by atoms with Crippen LogP contribution < -0.4 is 13.9 Å². The number of hydrogen-bond donors (Lipinski definition) is 3. The van der Waals surface area contributed by atoms with Crippen molar-refractivity contribution in [2.75, 3.05) is 0 Å². The Morgan fingerprint density at radius 3 is 1.54 bits per heavy atom. The highest BCUT2D eigenvalue weighted by Gasteiger charge is 2.45. The summed E-state index contributed by atoms with van der Waals surface area (Å²) in [6.07, 6.45) is 0. The maximum atomic E-state index is 3.94. The van der Waals surface area contributed by atoms with Crippen molar-refractivity contribution in [3.8, 4) is 0 Å². The Hall–Kier alpha value is 0.271. The summed E-state index contributed by atoms with van der Waals surface area (Å²) in [5, 5.41) is 0. The molecule has 0 aromatic rings. The van der Waals surface area contributed by atoms with E-state index in [-0.39, 0.29) is 0 Å². The summed E-state index contributed by atoms with van der Waals surface area (Å²) in [6.45, 7) is 15.6. The van der Waals surface area contributed by atoms with Crippen molar-refractivity contribution >= 4 is 25.2 Å². The van der Waals surface area contributed by atoms with E-state index in [2.05, 4.69) is 59.0 Å². The first-order chi connectivity index (χ1) is 5.68. The fourth-order valence-corrected chi connectivity index (χ4v) is 22.2. The van der Waals surface area contributed by atoms with Gasteiger partial charge in [-0.15, -0.1) is 6.58 Å². The lowest BCUT2D eigenvalue weighted by molar-refractivity contribution is 1.05. The van der Waals surface area contributed by atoms with Gasteiger partial charge in [0.25, 0.3) is 0 Å². The minimum absolute atomic E-state index is 1.39. The largest absolute Gasteiger partial charge is 0.336 e. The average Bonchev–Trinajstić information content (AvgIpc) is 1.79. The minimum Gasteiger partial charge on any atom is -0.336 e. The normalized spacial score (nSPS) is 29.6. The van der Waals surface area contributed by atoms with E-state index in [9.17, 15) is 0 Å². The third kappa shape index (κ3) is 2.86. The van der Waals surface area contributed by atoms with Gasteiger partial charge in [-0.2, -0.15) is 0 Å². The van der Waals surface area contributed by atoms with E-state index in [1.165, 1.54) is 0 Å². The molecule has 0 aliphatic carbocycles. The van der Waals surface area contributed by atoms with Crippen molar-refractivity contribution in [2.45, 2.75) is 32.7 Å². The average molecular weight is 232 g/mol. The van der Waals surface area contributed by atoms with Crippen LogP contribution in [-0.4, -0.2) is 25.2 Å². The molecule has 0 bridgehead atoms. The van der Waals surface area contributed by atoms with E-state index >= 15 is 0 Å². The predicted octanol–water partition coefficient (Wildman–Crippen LogP) is 0.970. The Bertz CT molecular complexity index is 211. The molecule has 3 N–H and O–H groups in total. The third-order valence-electron chi connectivity index (χ3n) is 2.18. The van der Waals surface area contributed by atoms with Gasteiger partial charge in [-0.05, 0) is 32.7 Å². The molecule has 1 aliphatic rings. The van der Waals surface area contributed by atoms with Crippen LogP contribution in [0.4, 0.5) is 0 Å². The van der Waals surface area contributed by atoms with Crippen LogP contribution in [0.3, 0.4) is 0 Å². The lowest BCUT2D eigenvalue weighted by Crippen LogP contribution is -2.88. The smallest absolute Gasteiger partial charge is 0.211 e. The van der Waals surface area contributed by atoms with Crippen molar-refractivity contribution in [2.24, 2.45) is 0 Å². The maximum Gasteiger partial charge on any atom is 0.211 e. The minimum atomic E-state index is -1.56. The molecule has 0 atom stereocenters. The van der Waals surface area contributed by atoms with Gasteiger partial charge >= 0.3 is 0 Å². The van der Waals surface area contributed by atoms with Gasteiger partial charge in [0.1, 0.15) is 0 Å². The first-order valence-electron chi connectivity index (χ1n) is 4.70. The highest BCUT2D eigenvalue weighted by Crippen LogP contribution is 2.12. The van der Waals surface area contributed by atoms with Crippen LogP contribution in [-0.2, 0) is 0 Å². The second-order valence-corrected chi connectivity index (χ2v) is 17.3. The van der Waals surface area contributed by atoms with Crippen molar-refractivity contribution in [3.05, 3.63) is 12.3 Å². The van der Waals surface area contributed by atoms with Crippen LogP contribution in [0.15, 0.2) is 12.3 Å². The Balaban J connectivity index is 2.90. The molecule has 1 rings (SSSR count). The van der Waals surface area contributed by atoms with Gasteiger partial charge in [-0.25, -0.2) is 0 Å². The van der Waals surface area contributed by atoms with Crippen LogP contribution >= 0.6 is 0 Å². The molecule has 0 aromatic carbocycles. The van der Waals surface area contributed by atoms with E-state index in [0.717, 1.165) is 0 Å². The van der Waals surface area contributed by atoms with E-state index < -0.39 is 25.2 Å². The SMILES string of the molecule is C=C[Si]1(C)N[Si](C)(C)N[Si](C)(C)N1. The van der Waals surface area contributed by atoms with Gasteiger partial charge in [0, 0.05) is 0 Å². The van der Waals surface area contributed by atoms with Crippen molar-refractivity contribution < 1.29 is 0 Å². The first-order valence-corrected chi connectivity index (χ1v) is 13.3. The summed E-state index contributed by atoms with van der Waals surface area (Å²) in [6, 6.07) is 0. The molecule has 0 unspecified atom stereocenters. The van der Waals surface area contributed by atoms with E-state index in [0.29, 0.717) is 0 Å². The molecule has 76 valence electrons. The van der Waals surface area contributed by atoms with Crippen LogP contribution in [0.5, 0.6) is 0 Å². The topological polar surface area (TPSA) is 36.1 Å². The second kappa shape index (κ2) is 3.14. The second-order valence-electron chi connectivity index (χ2n) is 5.03. The molecule has 0 radical (unpaired) electrons. The molecule has 0 saturated carbocycles. The summed E-state index contributed by atoms with van der Waals surface area (Å²) >= 11 is 0. The molecule has 13 heavy (non-hydrogen) atoms. The molecular weight excluding hydrogens is 210 g/mol. The van der Waals surface area contributed by atoms with Crippen LogP contribution in [0.2, 0.25) is 32.7 Å². The summed E-state index contributed by atoms with van der Waals surface area (Å²) in [5.74, 6) is 0. The molecule has 1 saturated heterocycles. The molecule has 3 nitrogen and oxygen atoms in total. The lowest BCUT2D eigenvalue weighted by Gasteiger charge is -2.49. The van der Waals surface area contributed by atoms with Gasteiger partial charge in [0.05, 0.1) is 0 Å². The first kappa shape index (κ1) is 11.3. The molecule has 1 heterocycles. The van der Waals surface area contributed by atoms with E-state index in [1.807, 2.05) is 0 Å². The third-order valence-corrected chi connectivity index (χ3v) is 17.1. The van der Waals surface area contributed by atoms with Gasteiger partial charge < -0.3 is 13.9 Å². The number of nitrogens with one attached hydrogen (secondary N) is 3. The van der Waals surface area contributed by atoms with Crippen molar-refractivity contribution in [1.29, 1.82) is 0 Å². The maximum absolute atomic E-state index is 3.94. The van der Waals surface area contributed by atoms with E-state index in [4.69, 9.17) is 0 Å². The zero-order valence-corrected chi connectivity index (χ0v) is 12.3. The highest BCUT2D eigenvalue weighted by molar-refractivity contribution is 7.06. The lowest BCUT2D eigenvalue weighted by atomic mass is 11.3. The molecule has 0 spiro atoms. The summed E-state index contributed by atoms with van der Waals surface area (Å²) in [7, 11) is -4.34. The molecule has 6 heteroatoms. The summed E-state index contributed by atoms with van der Waals surface area (Å²) in [5.41, 5.74) is 2.11. The highest BCUT2D eigenvalue weighted by atomic mass is 28.5. The van der Waals surface area contributed by atoms with Crippen LogP contribution in [0.1, 0.15) is 0 Å². The summed E-state index contributed by atoms with van der Waals surface area (Å²) < 4.78 is 11.3. The Labute approximate surface area is 84.5 Å². The molecular formula is C7H21N3Si3. The van der Waals surface area contributed by atoms with E-state index in [1.54, 1.807) is 0 Å². The summed E-state index contributed by atoms with van der Waals surface area (Å²) in [4.78, 5) is 0. The molecule has 1 aliphatic heterocycles. The molecule has 1 fully saturated rings. The van der Waals surface area contributed by atoms with Gasteiger partial charge in [-0.1, -0.05) is 5.70 Å². The predicted molar refractivity (Wildman–Crippen MR) is 66.2 cm³/mol. The number of rotatable bonds is 1.